The molecule has 4 aromatic rings. The second-order valence-corrected chi connectivity index (χ2v) is 17.4. The van der Waals surface area contributed by atoms with Gasteiger partial charge < -0.3 is 31.2 Å². The van der Waals surface area contributed by atoms with Crippen LogP contribution in [0.1, 0.15) is 84.1 Å². The number of alkyl carbamates (subject to hydrolysis) is 1. The highest BCUT2D eigenvalue weighted by Gasteiger charge is 2.54. The second-order valence-electron chi connectivity index (χ2n) is 16.3. The minimum atomic E-state index is -1.37. The van der Waals surface area contributed by atoms with E-state index in [-0.39, 0.29) is 29.6 Å². The maximum absolute atomic E-state index is 14.7. The number of fused-ring (bicyclic) bond motifs is 2. The number of nitrogens with zero attached hydrogens (tertiary/aromatic N) is 4. The third-order valence-electron chi connectivity index (χ3n) is 11.0. The van der Waals surface area contributed by atoms with Gasteiger partial charge in [0, 0.05) is 26.1 Å². The Morgan fingerprint density at radius 1 is 1.05 bits per heavy atom. The summed E-state index contributed by atoms with van der Waals surface area (Å²) in [6.45, 7) is 13.1. The first-order chi connectivity index (χ1) is 28.1. The number of hydrogen-bond donors (Lipinski definition) is 4. The summed E-state index contributed by atoms with van der Waals surface area (Å²) < 4.78 is 12.0. The fourth-order valence-electron chi connectivity index (χ4n) is 7.80. The lowest BCUT2D eigenvalue weighted by molar-refractivity contribution is -0.167. The van der Waals surface area contributed by atoms with Crippen molar-refractivity contribution >= 4 is 51.2 Å². The van der Waals surface area contributed by atoms with E-state index in [2.05, 4.69) is 25.9 Å². The summed E-state index contributed by atoms with van der Waals surface area (Å²) in [5, 5.41) is 12.7. The Bertz CT molecular complexity index is 2190. The highest BCUT2D eigenvalue weighted by molar-refractivity contribution is 7.20. The zero-order valence-corrected chi connectivity index (χ0v) is 35.8. The normalized spacial score (nSPS) is 19.0. The van der Waals surface area contributed by atoms with E-state index in [1.165, 1.54) is 16.3 Å². The van der Waals surface area contributed by atoms with Gasteiger partial charge >= 0.3 is 6.09 Å². The van der Waals surface area contributed by atoms with E-state index in [9.17, 15) is 19.2 Å². The van der Waals surface area contributed by atoms with Crippen LogP contribution in [0.2, 0.25) is 0 Å². The lowest BCUT2D eigenvalue weighted by atomic mass is 9.84. The summed E-state index contributed by atoms with van der Waals surface area (Å²) >= 11 is 1.28. The number of aromatic nitrogens is 1. The van der Waals surface area contributed by atoms with Crippen LogP contribution in [0.25, 0.3) is 10.2 Å². The molecule has 0 spiro atoms. The molecule has 0 aliphatic carbocycles. The van der Waals surface area contributed by atoms with E-state index < -0.39 is 41.1 Å². The number of ether oxygens (including phenoxy) is 2. The van der Waals surface area contributed by atoms with Crippen molar-refractivity contribution in [2.75, 3.05) is 26.7 Å². The van der Waals surface area contributed by atoms with Crippen molar-refractivity contribution in [1.82, 2.24) is 31.0 Å². The maximum atomic E-state index is 14.7. The lowest BCUT2D eigenvalue weighted by Crippen LogP contribution is -2.70. The molecular weight excluding hydrogens is 769 g/mol. The van der Waals surface area contributed by atoms with Crippen molar-refractivity contribution in [3.63, 3.8) is 0 Å². The molecule has 5 N–H and O–H groups in total. The minimum absolute atomic E-state index is 0.210. The number of nitrogens with two attached hydrogens (primary N) is 1. The van der Waals surface area contributed by atoms with Crippen molar-refractivity contribution in [2.45, 2.75) is 103 Å². The third kappa shape index (κ3) is 10.0. The number of methoxy groups -OCH3 is 1. The molecule has 314 valence electrons. The smallest absolute Gasteiger partial charge is 0.408 e. The molecular formula is C44H56N8O6S. The van der Waals surface area contributed by atoms with Crippen LogP contribution < -0.4 is 26.4 Å². The van der Waals surface area contributed by atoms with E-state index in [1.807, 2.05) is 86.4 Å². The van der Waals surface area contributed by atoms with Gasteiger partial charge in [0.2, 0.25) is 11.7 Å². The molecule has 3 amide bonds. The number of rotatable bonds is 14. The van der Waals surface area contributed by atoms with Crippen LogP contribution >= 0.6 is 11.3 Å². The van der Waals surface area contributed by atoms with Crippen molar-refractivity contribution in [1.29, 1.82) is 0 Å². The Morgan fingerprint density at radius 3 is 2.49 bits per heavy atom. The fraction of sp³-hybridized carbons (Fsp3) is 0.455. The molecule has 15 heteroatoms. The number of ketones is 1. The van der Waals surface area contributed by atoms with Gasteiger partial charge in [0.25, 0.3) is 5.91 Å². The molecule has 0 saturated carbocycles. The van der Waals surface area contributed by atoms with Crippen molar-refractivity contribution in [2.24, 2.45) is 10.7 Å². The maximum Gasteiger partial charge on any atom is 0.408 e. The van der Waals surface area contributed by atoms with Crippen molar-refractivity contribution < 1.29 is 28.7 Å². The first kappa shape index (κ1) is 43.0. The van der Waals surface area contributed by atoms with Crippen molar-refractivity contribution in [3.8, 4) is 5.75 Å². The molecule has 6 rings (SSSR count). The van der Waals surface area contributed by atoms with Crippen LogP contribution in [0.5, 0.6) is 5.75 Å². The number of Topliss-reactive ketones (excluding diaryl/α,β-unsaturated/α-hetero) is 1. The molecule has 0 unspecified atom stereocenters. The highest BCUT2D eigenvalue weighted by atomic mass is 32.1. The summed E-state index contributed by atoms with van der Waals surface area (Å²) in [6.07, 6.45) is 0.923. The molecule has 3 aromatic carbocycles. The van der Waals surface area contributed by atoms with Crippen LogP contribution in [0.4, 0.5) is 4.79 Å². The number of para-hydroxylation sites is 1. The molecule has 2 aliphatic rings. The zero-order chi connectivity index (χ0) is 42.5. The van der Waals surface area contributed by atoms with Gasteiger partial charge in [-0.2, -0.15) is 0 Å². The van der Waals surface area contributed by atoms with E-state index in [1.54, 1.807) is 27.9 Å². The molecule has 3 atom stereocenters. The van der Waals surface area contributed by atoms with Crippen LogP contribution in [-0.4, -0.2) is 94.6 Å². The molecule has 0 bridgehead atoms. The molecule has 59 heavy (non-hydrogen) atoms. The number of benzene rings is 3. The fourth-order valence-corrected chi connectivity index (χ4v) is 8.76. The molecule has 2 fully saturated rings. The summed E-state index contributed by atoms with van der Waals surface area (Å²) in [6, 6.07) is 17.1. The Labute approximate surface area is 349 Å². The number of amides is 3. The van der Waals surface area contributed by atoms with Crippen LogP contribution in [0.3, 0.4) is 0 Å². The Kier molecular flexibility index (Phi) is 13.3. The summed E-state index contributed by atoms with van der Waals surface area (Å²) in [5.41, 5.74) is 9.99. The Morgan fingerprint density at radius 2 is 1.78 bits per heavy atom. The van der Waals surface area contributed by atoms with E-state index in [0.29, 0.717) is 51.0 Å². The number of hydrogen-bond acceptors (Lipinski definition) is 10. The third-order valence-corrected chi connectivity index (χ3v) is 12.1. The van der Waals surface area contributed by atoms with E-state index in [4.69, 9.17) is 15.2 Å². The highest BCUT2D eigenvalue weighted by Crippen LogP contribution is 2.34. The first-order valence-corrected chi connectivity index (χ1v) is 20.9. The summed E-state index contributed by atoms with van der Waals surface area (Å²) in [5.74, 6) is -0.0714. The summed E-state index contributed by atoms with van der Waals surface area (Å²) in [4.78, 5) is 65.7. The predicted molar refractivity (Wildman–Crippen MR) is 229 cm³/mol. The van der Waals surface area contributed by atoms with E-state index in [0.717, 1.165) is 38.3 Å². The molecule has 0 radical (unpaired) electrons. The number of thiazole rings is 1. The molecule has 2 saturated heterocycles. The number of aliphatic imine (C=N–C) groups is 1. The summed E-state index contributed by atoms with van der Waals surface area (Å²) in [7, 11) is 1.66. The largest absolute Gasteiger partial charge is 0.496 e. The zero-order valence-electron chi connectivity index (χ0n) is 35.0. The van der Waals surface area contributed by atoms with Crippen molar-refractivity contribution in [3.05, 3.63) is 93.5 Å². The average molecular weight is 825 g/mol. The standard InChI is InChI=1S/C44H56N8O6S/c1-27-24-35(57-7)29(3)28(2)31(27)26-47-41(45)46-21-13-17-33(37(53)39-49-32-16-11-12-18-36(32)59-39)48-38(54)34-19-22-51-23-20-44(40(55)52(34)51,25-30-14-9-8-10-15-30)50-42(56)58-43(4,5)6/h8-12,14-16,18,24,33-34H,13,17,19-23,25-26H2,1-7H3,(H,48,54)(H,50,56)(H3,45,46,47)/t33-,34-,44+/m0/s1. The molecule has 2 aliphatic heterocycles. The number of carbonyl (C=O) groups excluding carboxylic acids is 4. The van der Waals surface area contributed by atoms with Gasteiger partial charge in [-0.3, -0.25) is 19.4 Å². The monoisotopic (exact) mass is 824 g/mol. The van der Waals surface area contributed by atoms with Gasteiger partial charge in [0.15, 0.2) is 11.0 Å². The number of nitrogens with one attached hydrogen (secondary N) is 3. The van der Waals surface area contributed by atoms with Gasteiger partial charge in [-0.15, -0.1) is 11.3 Å². The minimum Gasteiger partial charge on any atom is -0.496 e. The molecule has 1 aromatic heterocycles. The topological polar surface area (TPSA) is 181 Å². The number of aryl methyl sites for hydroxylation is 1. The number of hydrazine groups is 1. The van der Waals surface area contributed by atoms with Gasteiger partial charge in [0.1, 0.15) is 22.9 Å². The number of guanidine groups is 1. The van der Waals surface area contributed by atoms with Gasteiger partial charge in [-0.05, 0) is 113 Å². The quantitative estimate of drug-likeness (QED) is 0.0548. The first-order valence-electron chi connectivity index (χ1n) is 20.1. The average Bonchev–Trinajstić information content (AvgIpc) is 3.83. The second kappa shape index (κ2) is 18.2. The van der Waals surface area contributed by atoms with Crippen LogP contribution in [0.15, 0.2) is 65.7 Å². The molecule has 3 heterocycles. The number of carbonyl (C=O) groups is 4. The SMILES string of the molecule is COc1cc(C)c(CN=C(N)NCCC[C@H](NC(=O)[C@@H]2CCN3CC[C@](Cc4ccccc4)(NC(=O)OC(C)(C)C)C(=O)N23)C(=O)c2nc3ccccc3s2)c(C)c1C. The van der Waals surface area contributed by atoms with Gasteiger partial charge in [-0.1, -0.05) is 42.5 Å². The Balaban J connectivity index is 1.18. The van der Waals surface area contributed by atoms with E-state index >= 15 is 0 Å². The predicted octanol–water partition coefficient (Wildman–Crippen LogP) is 5.51. The van der Waals surface area contributed by atoms with Gasteiger partial charge in [-0.25, -0.2) is 19.8 Å². The van der Waals surface area contributed by atoms with Crippen LogP contribution in [-0.2, 0) is 27.3 Å². The molecule has 14 nitrogen and oxygen atoms in total. The Hall–Kier alpha value is -5.54. The van der Waals surface area contributed by atoms with Gasteiger partial charge in [0.05, 0.1) is 29.9 Å². The van der Waals surface area contributed by atoms with Crippen LogP contribution in [0, 0.1) is 20.8 Å². The lowest BCUT2D eigenvalue weighted by Gasteiger charge is -2.46.